The Bertz CT molecular complexity index is 1400. The molecule has 7 heteroatoms. The summed E-state index contributed by atoms with van der Waals surface area (Å²) in [4.78, 5) is 25.3. The van der Waals surface area contributed by atoms with Crippen molar-refractivity contribution in [3.8, 4) is 5.75 Å². The quantitative estimate of drug-likeness (QED) is 0.269. The normalized spacial score (nSPS) is 11.3. The molecule has 0 aromatic heterocycles. The van der Waals surface area contributed by atoms with Crippen molar-refractivity contribution in [3.63, 3.8) is 0 Å². The van der Waals surface area contributed by atoms with Crippen LogP contribution in [0.1, 0.15) is 33.2 Å². The summed E-state index contributed by atoms with van der Waals surface area (Å²) in [7, 11) is 0. The minimum Gasteiger partial charge on any atom is -0.507 e. The maximum Gasteiger partial charge on any atom is 0.275 e. The second-order valence-electron chi connectivity index (χ2n) is 7.33. The summed E-state index contributed by atoms with van der Waals surface area (Å²) in [6, 6.07) is 24.4. The number of fused-ring (bicyclic) bond motifs is 1. The molecule has 0 aliphatic carbocycles. The fraction of sp³-hybridized carbons (Fsp3) is 0.0385. The lowest BCUT2D eigenvalue weighted by Gasteiger charge is -2.10. The van der Waals surface area contributed by atoms with Gasteiger partial charge in [-0.3, -0.25) is 9.59 Å². The number of aromatic hydroxyl groups is 1. The fourth-order valence-corrected chi connectivity index (χ4v) is 3.64. The standard InChI is InChI=1S/C26H20ClN3O3/c1-16(29-30-26(33)24-20-10-3-2-7-17(20)13-14-23(24)31)18-8-6-9-19(15-18)28-25(32)21-11-4-5-12-22(21)27/h2-15,31H,1H3,(H,28,32)(H,30,33). The van der Waals surface area contributed by atoms with E-state index in [0.717, 1.165) is 5.39 Å². The lowest BCUT2D eigenvalue weighted by atomic mass is 10.0. The zero-order valence-electron chi connectivity index (χ0n) is 17.7. The largest absolute Gasteiger partial charge is 0.507 e. The number of anilines is 1. The number of halogens is 1. The van der Waals surface area contributed by atoms with Gasteiger partial charge in [-0.1, -0.05) is 66.2 Å². The van der Waals surface area contributed by atoms with Crippen molar-refractivity contribution < 1.29 is 14.7 Å². The minimum absolute atomic E-state index is 0.122. The Labute approximate surface area is 195 Å². The van der Waals surface area contributed by atoms with E-state index in [-0.39, 0.29) is 17.2 Å². The topological polar surface area (TPSA) is 90.8 Å². The van der Waals surface area contributed by atoms with E-state index in [1.807, 2.05) is 18.2 Å². The van der Waals surface area contributed by atoms with Crippen LogP contribution >= 0.6 is 11.6 Å². The van der Waals surface area contributed by atoms with Gasteiger partial charge in [0.2, 0.25) is 0 Å². The second-order valence-corrected chi connectivity index (χ2v) is 7.74. The third-order valence-corrected chi connectivity index (χ3v) is 5.45. The molecule has 0 atom stereocenters. The first kappa shape index (κ1) is 22.0. The number of hydrogen-bond acceptors (Lipinski definition) is 4. The van der Waals surface area contributed by atoms with Gasteiger partial charge in [-0.15, -0.1) is 0 Å². The van der Waals surface area contributed by atoms with E-state index < -0.39 is 5.91 Å². The number of hydrogen-bond donors (Lipinski definition) is 3. The highest BCUT2D eigenvalue weighted by molar-refractivity contribution is 6.34. The van der Waals surface area contributed by atoms with Crippen LogP contribution in [0, 0.1) is 0 Å². The number of phenolic OH excluding ortho intramolecular Hbond substituents is 1. The van der Waals surface area contributed by atoms with E-state index in [1.54, 1.807) is 67.6 Å². The van der Waals surface area contributed by atoms with Crippen LogP contribution in [0.15, 0.2) is 90.0 Å². The van der Waals surface area contributed by atoms with Gasteiger partial charge in [0.05, 0.1) is 21.9 Å². The van der Waals surface area contributed by atoms with Crippen LogP contribution in [0.25, 0.3) is 10.8 Å². The van der Waals surface area contributed by atoms with Crippen molar-refractivity contribution in [2.24, 2.45) is 5.10 Å². The summed E-state index contributed by atoms with van der Waals surface area (Å²) in [6.45, 7) is 1.73. The third-order valence-electron chi connectivity index (χ3n) is 5.12. The maximum atomic E-state index is 12.8. The molecule has 33 heavy (non-hydrogen) atoms. The van der Waals surface area contributed by atoms with Gasteiger partial charge >= 0.3 is 0 Å². The number of rotatable bonds is 5. The molecule has 0 spiro atoms. The smallest absolute Gasteiger partial charge is 0.275 e. The summed E-state index contributed by atoms with van der Waals surface area (Å²) in [5, 5.41) is 19.1. The third kappa shape index (κ3) is 4.86. The second kappa shape index (κ2) is 9.54. The van der Waals surface area contributed by atoms with Crippen molar-refractivity contribution in [2.45, 2.75) is 6.92 Å². The summed E-state index contributed by atoms with van der Waals surface area (Å²) in [5.74, 6) is -0.970. The van der Waals surface area contributed by atoms with Crippen LogP contribution in [0.4, 0.5) is 5.69 Å². The van der Waals surface area contributed by atoms with E-state index >= 15 is 0 Å². The van der Waals surface area contributed by atoms with Crippen molar-refractivity contribution in [1.82, 2.24) is 5.43 Å². The monoisotopic (exact) mass is 457 g/mol. The first-order valence-corrected chi connectivity index (χ1v) is 10.5. The van der Waals surface area contributed by atoms with Crippen molar-refractivity contribution in [3.05, 3.63) is 107 Å². The van der Waals surface area contributed by atoms with E-state index in [0.29, 0.717) is 32.9 Å². The molecule has 0 radical (unpaired) electrons. The molecule has 164 valence electrons. The molecule has 6 nitrogen and oxygen atoms in total. The van der Waals surface area contributed by atoms with E-state index in [1.165, 1.54) is 6.07 Å². The highest BCUT2D eigenvalue weighted by Gasteiger charge is 2.15. The number of benzene rings is 4. The summed E-state index contributed by atoms with van der Waals surface area (Å²) >= 11 is 6.10. The molecule has 0 heterocycles. The molecule has 0 bridgehead atoms. The molecular weight excluding hydrogens is 438 g/mol. The Morgan fingerprint density at radius 2 is 1.64 bits per heavy atom. The predicted octanol–water partition coefficient (Wildman–Crippen LogP) is 5.61. The van der Waals surface area contributed by atoms with Crippen LogP contribution in [0.3, 0.4) is 0 Å². The van der Waals surface area contributed by atoms with Gasteiger partial charge in [-0.25, -0.2) is 5.43 Å². The molecule has 0 aliphatic rings. The zero-order valence-corrected chi connectivity index (χ0v) is 18.4. The summed E-state index contributed by atoms with van der Waals surface area (Å²) < 4.78 is 0. The highest BCUT2D eigenvalue weighted by atomic mass is 35.5. The molecule has 4 aromatic carbocycles. The van der Waals surface area contributed by atoms with Crippen molar-refractivity contribution in [2.75, 3.05) is 5.32 Å². The molecule has 4 rings (SSSR count). The van der Waals surface area contributed by atoms with Crippen molar-refractivity contribution in [1.29, 1.82) is 0 Å². The first-order chi connectivity index (χ1) is 15.9. The molecule has 0 saturated carbocycles. The number of nitrogens with zero attached hydrogens (tertiary/aromatic N) is 1. The molecule has 0 saturated heterocycles. The van der Waals surface area contributed by atoms with Gasteiger partial charge in [0.25, 0.3) is 11.8 Å². The number of carbonyl (C=O) groups excluding carboxylic acids is 2. The zero-order chi connectivity index (χ0) is 23.4. The lowest BCUT2D eigenvalue weighted by Crippen LogP contribution is -2.20. The predicted molar refractivity (Wildman–Crippen MR) is 131 cm³/mol. The summed E-state index contributed by atoms with van der Waals surface area (Å²) in [6.07, 6.45) is 0. The number of amides is 2. The lowest BCUT2D eigenvalue weighted by molar-refractivity contribution is 0.0953. The van der Waals surface area contributed by atoms with E-state index in [2.05, 4.69) is 15.8 Å². The van der Waals surface area contributed by atoms with E-state index in [4.69, 9.17) is 11.6 Å². The summed E-state index contributed by atoms with van der Waals surface area (Å²) in [5.41, 5.74) is 4.83. The highest BCUT2D eigenvalue weighted by Crippen LogP contribution is 2.27. The number of phenols is 1. The average molecular weight is 458 g/mol. The van der Waals surface area contributed by atoms with Gasteiger partial charge in [-0.2, -0.15) is 5.10 Å². The van der Waals surface area contributed by atoms with Gasteiger partial charge in [0.15, 0.2) is 0 Å². The van der Waals surface area contributed by atoms with Crippen LogP contribution in [-0.2, 0) is 0 Å². The van der Waals surface area contributed by atoms with Crippen LogP contribution in [-0.4, -0.2) is 22.6 Å². The molecular formula is C26H20ClN3O3. The van der Waals surface area contributed by atoms with Crippen molar-refractivity contribution >= 4 is 45.6 Å². The Hall–Kier alpha value is -4.16. The van der Waals surface area contributed by atoms with Gasteiger partial charge in [0.1, 0.15) is 5.75 Å². The Morgan fingerprint density at radius 1 is 0.879 bits per heavy atom. The first-order valence-electron chi connectivity index (χ1n) is 10.2. The molecule has 4 aromatic rings. The molecule has 0 fully saturated rings. The SMILES string of the molecule is CC(=NNC(=O)c1c(O)ccc2ccccc12)c1cccc(NC(=O)c2ccccc2Cl)c1. The molecule has 0 unspecified atom stereocenters. The van der Waals surface area contributed by atoms with E-state index in [9.17, 15) is 14.7 Å². The average Bonchev–Trinajstić information content (AvgIpc) is 2.82. The Morgan fingerprint density at radius 3 is 2.45 bits per heavy atom. The van der Waals surface area contributed by atoms with Crippen LogP contribution in [0.5, 0.6) is 5.75 Å². The molecule has 0 aliphatic heterocycles. The van der Waals surface area contributed by atoms with Crippen LogP contribution in [0.2, 0.25) is 5.02 Å². The number of nitrogens with one attached hydrogen (secondary N) is 2. The van der Waals surface area contributed by atoms with Crippen LogP contribution < -0.4 is 10.7 Å². The van der Waals surface area contributed by atoms with Gasteiger partial charge in [-0.05, 0) is 53.6 Å². The van der Waals surface area contributed by atoms with Gasteiger partial charge < -0.3 is 10.4 Å². The molecule has 3 N–H and O–H groups in total. The molecule has 2 amide bonds. The Balaban J connectivity index is 1.52. The fourth-order valence-electron chi connectivity index (χ4n) is 3.42. The number of hydrazone groups is 1. The number of carbonyl (C=O) groups is 2. The maximum absolute atomic E-state index is 12.8. The Kier molecular flexibility index (Phi) is 6.38. The van der Waals surface area contributed by atoms with Gasteiger partial charge in [0, 0.05) is 5.69 Å². The minimum atomic E-state index is -0.521.